The minimum Gasteiger partial charge on any atom is -0.373 e. The molecule has 1 saturated heterocycles. The average Bonchev–Trinajstić information content (AvgIpc) is 3.28. The third kappa shape index (κ3) is 7.30. The Morgan fingerprint density at radius 1 is 1.09 bits per heavy atom. The number of aryl methyl sites for hydroxylation is 1. The molecule has 0 saturated carbocycles. The summed E-state index contributed by atoms with van der Waals surface area (Å²) in [5, 5.41) is 11.4. The van der Waals surface area contributed by atoms with Gasteiger partial charge in [-0.1, -0.05) is 60.2 Å². The van der Waals surface area contributed by atoms with Gasteiger partial charge in [-0.05, 0) is 30.9 Å². The molecule has 0 bridgehead atoms. The van der Waals surface area contributed by atoms with Gasteiger partial charge in [0.15, 0.2) is 5.96 Å². The van der Waals surface area contributed by atoms with Gasteiger partial charge in [-0.25, -0.2) is 0 Å². The molecule has 7 heteroatoms. The van der Waals surface area contributed by atoms with Crippen molar-refractivity contribution < 1.29 is 4.74 Å². The Bertz CT molecular complexity index is 1000. The lowest BCUT2D eigenvalue weighted by Crippen LogP contribution is -2.41. The van der Waals surface area contributed by atoms with E-state index in [4.69, 9.17) is 4.74 Å². The molecule has 0 radical (unpaired) electrons. The molecule has 4 rings (SSSR count). The topological polar surface area (TPSA) is 63.5 Å². The number of nitrogens with zero attached hydrogens (tertiary/aromatic N) is 3. The molecule has 33 heavy (non-hydrogen) atoms. The lowest BCUT2D eigenvalue weighted by molar-refractivity contribution is -0.0265. The van der Waals surface area contributed by atoms with Crippen molar-refractivity contribution in [3.63, 3.8) is 0 Å². The summed E-state index contributed by atoms with van der Waals surface area (Å²) < 4.78 is 8.12. The van der Waals surface area contributed by atoms with Gasteiger partial charge in [0.2, 0.25) is 0 Å². The van der Waals surface area contributed by atoms with Gasteiger partial charge in [-0.15, -0.1) is 24.0 Å². The van der Waals surface area contributed by atoms with Crippen molar-refractivity contribution in [3.05, 3.63) is 89.2 Å². The average molecular weight is 559 g/mol. The number of ether oxygens (including phenoxy) is 1. The molecule has 0 amide bonds. The van der Waals surface area contributed by atoms with Crippen molar-refractivity contribution in [3.8, 4) is 0 Å². The Labute approximate surface area is 213 Å². The van der Waals surface area contributed by atoms with Crippen LogP contribution < -0.4 is 10.6 Å². The number of hydrogen-bond acceptors (Lipinski definition) is 3. The predicted octanol–water partition coefficient (Wildman–Crippen LogP) is 4.69. The molecule has 2 unspecified atom stereocenters. The molecular formula is C26H34IN5O. The summed E-state index contributed by atoms with van der Waals surface area (Å²) in [6, 6.07) is 19.1. The molecule has 1 aromatic heterocycles. The van der Waals surface area contributed by atoms with E-state index >= 15 is 0 Å². The summed E-state index contributed by atoms with van der Waals surface area (Å²) >= 11 is 0. The monoisotopic (exact) mass is 559 g/mol. The predicted molar refractivity (Wildman–Crippen MR) is 144 cm³/mol. The first kappa shape index (κ1) is 25.2. The molecule has 2 N–H and O–H groups in total. The van der Waals surface area contributed by atoms with Crippen LogP contribution >= 0.6 is 24.0 Å². The van der Waals surface area contributed by atoms with E-state index in [2.05, 4.69) is 82.4 Å². The number of benzene rings is 2. The maximum atomic E-state index is 6.15. The first-order valence-corrected chi connectivity index (χ1v) is 11.4. The van der Waals surface area contributed by atoms with Crippen molar-refractivity contribution in [1.29, 1.82) is 0 Å². The van der Waals surface area contributed by atoms with Crippen LogP contribution in [0.1, 0.15) is 41.2 Å². The number of aromatic nitrogens is 2. The Morgan fingerprint density at radius 2 is 1.88 bits per heavy atom. The number of nitrogens with one attached hydrogen (secondary N) is 2. The molecule has 2 aromatic carbocycles. The fourth-order valence-electron chi connectivity index (χ4n) is 4.17. The molecule has 1 fully saturated rings. The number of guanidine groups is 1. The lowest BCUT2D eigenvalue weighted by atomic mass is 9.89. The zero-order valence-electron chi connectivity index (χ0n) is 19.4. The molecule has 176 valence electrons. The minimum absolute atomic E-state index is 0. The van der Waals surface area contributed by atoms with Crippen LogP contribution in [0.4, 0.5) is 0 Å². The summed E-state index contributed by atoms with van der Waals surface area (Å²) in [7, 11) is 1.81. The molecule has 0 aliphatic carbocycles. The van der Waals surface area contributed by atoms with Gasteiger partial charge in [-0.2, -0.15) is 5.10 Å². The van der Waals surface area contributed by atoms with E-state index in [9.17, 15) is 0 Å². The second-order valence-electron chi connectivity index (χ2n) is 8.44. The molecule has 0 spiro atoms. The number of aliphatic imine (C=N–C) groups is 1. The van der Waals surface area contributed by atoms with Gasteiger partial charge in [0, 0.05) is 44.4 Å². The van der Waals surface area contributed by atoms with Crippen LogP contribution in [0.2, 0.25) is 0 Å². The number of hydrogen-bond donors (Lipinski definition) is 2. The number of halogens is 1. The molecular weight excluding hydrogens is 525 g/mol. The maximum Gasteiger partial charge on any atom is 0.191 e. The SMILES string of the molecule is CN=C(NCc1cnn(Cc2ccccc2)c1)NCC1CCCOC1c1ccc(C)cc1.I. The van der Waals surface area contributed by atoms with Gasteiger partial charge in [0.25, 0.3) is 0 Å². The Balaban J connectivity index is 0.00000306. The van der Waals surface area contributed by atoms with Gasteiger partial charge in [0.1, 0.15) is 0 Å². The van der Waals surface area contributed by atoms with E-state index in [0.717, 1.165) is 44.1 Å². The lowest BCUT2D eigenvalue weighted by Gasteiger charge is -2.32. The fourth-order valence-corrected chi connectivity index (χ4v) is 4.17. The Kier molecular flexibility index (Phi) is 9.75. The quantitative estimate of drug-likeness (QED) is 0.251. The van der Waals surface area contributed by atoms with Crippen LogP contribution in [-0.4, -0.2) is 35.9 Å². The van der Waals surface area contributed by atoms with E-state index in [1.165, 1.54) is 16.7 Å². The van der Waals surface area contributed by atoms with Crippen LogP contribution in [0.25, 0.3) is 0 Å². The standard InChI is InChI=1S/C26H33N5O.HI/c1-20-10-12-23(13-11-20)25-24(9-6-14-32-25)17-29-26(27-2)28-15-22-16-30-31(19-22)18-21-7-4-3-5-8-21;/h3-5,7-8,10-13,16,19,24-25H,6,9,14-15,17-18H2,1-2H3,(H2,27,28,29);1H. The summed E-state index contributed by atoms with van der Waals surface area (Å²) in [5.41, 5.74) is 4.90. The van der Waals surface area contributed by atoms with Crippen LogP contribution in [0, 0.1) is 12.8 Å². The summed E-state index contributed by atoms with van der Waals surface area (Å²) in [6.45, 7) is 5.22. The first-order chi connectivity index (χ1) is 15.7. The molecule has 3 aromatic rings. The smallest absolute Gasteiger partial charge is 0.191 e. The third-order valence-corrected chi connectivity index (χ3v) is 5.94. The highest BCUT2D eigenvalue weighted by atomic mass is 127. The van der Waals surface area contributed by atoms with Crippen molar-refractivity contribution >= 4 is 29.9 Å². The van der Waals surface area contributed by atoms with E-state index in [1.807, 2.05) is 24.0 Å². The van der Waals surface area contributed by atoms with E-state index in [0.29, 0.717) is 12.5 Å². The molecule has 2 atom stereocenters. The van der Waals surface area contributed by atoms with Gasteiger partial charge < -0.3 is 15.4 Å². The van der Waals surface area contributed by atoms with Crippen LogP contribution in [0.5, 0.6) is 0 Å². The summed E-state index contributed by atoms with van der Waals surface area (Å²) in [6.07, 6.45) is 6.36. The first-order valence-electron chi connectivity index (χ1n) is 11.4. The van der Waals surface area contributed by atoms with Crippen molar-refractivity contribution in [2.24, 2.45) is 10.9 Å². The summed E-state index contributed by atoms with van der Waals surface area (Å²) in [5.74, 6) is 1.22. The molecule has 2 heterocycles. The van der Waals surface area contributed by atoms with Crippen LogP contribution in [-0.2, 0) is 17.8 Å². The van der Waals surface area contributed by atoms with Gasteiger partial charge >= 0.3 is 0 Å². The minimum atomic E-state index is 0. The van der Waals surface area contributed by atoms with Crippen LogP contribution in [0.3, 0.4) is 0 Å². The third-order valence-electron chi connectivity index (χ3n) is 5.94. The second-order valence-corrected chi connectivity index (χ2v) is 8.44. The Hall–Kier alpha value is -2.39. The second kappa shape index (κ2) is 12.7. The van der Waals surface area contributed by atoms with E-state index in [-0.39, 0.29) is 30.1 Å². The van der Waals surface area contributed by atoms with E-state index in [1.54, 1.807) is 0 Å². The van der Waals surface area contributed by atoms with Crippen LogP contribution in [0.15, 0.2) is 72.0 Å². The fraction of sp³-hybridized carbons (Fsp3) is 0.385. The highest BCUT2D eigenvalue weighted by molar-refractivity contribution is 14.0. The normalized spacial score (nSPS) is 18.4. The zero-order chi connectivity index (χ0) is 22.2. The van der Waals surface area contributed by atoms with E-state index < -0.39 is 0 Å². The number of rotatable bonds is 7. The van der Waals surface area contributed by atoms with Gasteiger partial charge in [-0.3, -0.25) is 9.67 Å². The summed E-state index contributed by atoms with van der Waals surface area (Å²) in [4.78, 5) is 4.40. The van der Waals surface area contributed by atoms with Gasteiger partial charge in [0.05, 0.1) is 18.8 Å². The highest BCUT2D eigenvalue weighted by Gasteiger charge is 2.27. The van der Waals surface area contributed by atoms with Crippen molar-refractivity contribution in [1.82, 2.24) is 20.4 Å². The molecule has 1 aliphatic heterocycles. The van der Waals surface area contributed by atoms with Crippen molar-refractivity contribution in [2.75, 3.05) is 20.2 Å². The largest absolute Gasteiger partial charge is 0.373 e. The Morgan fingerprint density at radius 3 is 2.64 bits per heavy atom. The highest BCUT2D eigenvalue weighted by Crippen LogP contribution is 2.33. The molecule has 1 aliphatic rings. The zero-order valence-corrected chi connectivity index (χ0v) is 21.7. The maximum absolute atomic E-state index is 6.15. The van der Waals surface area contributed by atoms with Crippen molar-refractivity contribution in [2.45, 2.75) is 39.0 Å². The molecule has 6 nitrogen and oxygen atoms in total.